The number of aromatic hydroxyl groups is 1. The van der Waals surface area contributed by atoms with Gasteiger partial charge in [-0.05, 0) is 60.4 Å². The fourth-order valence-corrected chi connectivity index (χ4v) is 7.13. The smallest absolute Gasteiger partial charge is 0.277 e. The van der Waals surface area contributed by atoms with Crippen molar-refractivity contribution < 1.29 is 19.0 Å². The zero-order chi connectivity index (χ0) is 25.3. The summed E-state index contributed by atoms with van der Waals surface area (Å²) in [5.74, 6) is -1.18. The number of fused-ring (bicyclic) bond motifs is 6. The van der Waals surface area contributed by atoms with Gasteiger partial charge in [0.05, 0.1) is 6.10 Å². The third kappa shape index (κ3) is 3.08. The molecule has 2 aromatic carbocycles. The molecule has 1 fully saturated rings. The predicted molar refractivity (Wildman–Crippen MR) is 135 cm³/mol. The largest absolute Gasteiger partial charge is 0.502 e. The Kier molecular flexibility index (Phi) is 4.98. The van der Waals surface area contributed by atoms with E-state index in [0.717, 1.165) is 36.8 Å². The number of carbonyl (C=O) groups excluding carboxylic acids is 1. The lowest BCUT2D eigenvalue weighted by Gasteiger charge is -2.51. The van der Waals surface area contributed by atoms with E-state index in [1.807, 2.05) is 18.2 Å². The van der Waals surface area contributed by atoms with Gasteiger partial charge in [-0.3, -0.25) is 19.3 Å². The van der Waals surface area contributed by atoms with E-state index < -0.39 is 22.6 Å². The molecule has 7 nitrogen and oxygen atoms in total. The summed E-state index contributed by atoms with van der Waals surface area (Å²) in [7, 11) is 0. The zero-order valence-electron chi connectivity index (χ0n) is 20.4. The molecule has 1 amide bonds. The summed E-state index contributed by atoms with van der Waals surface area (Å²) < 4.78 is 22.8. The van der Waals surface area contributed by atoms with Gasteiger partial charge >= 0.3 is 0 Å². The number of benzene rings is 2. The molecule has 0 bridgehead atoms. The Balaban J connectivity index is 1.46. The van der Waals surface area contributed by atoms with Crippen LogP contribution in [0, 0.1) is 11.7 Å². The van der Waals surface area contributed by atoms with E-state index in [4.69, 9.17) is 4.74 Å². The summed E-state index contributed by atoms with van der Waals surface area (Å²) in [4.78, 5) is 27.9. The van der Waals surface area contributed by atoms with Crippen molar-refractivity contribution in [2.75, 3.05) is 24.8 Å². The molecule has 8 heteroatoms. The third-order valence-corrected chi connectivity index (χ3v) is 8.68. The van der Waals surface area contributed by atoms with Gasteiger partial charge in [0.15, 0.2) is 11.4 Å². The summed E-state index contributed by atoms with van der Waals surface area (Å²) >= 11 is 0. The Morgan fingerprint density at radius 2 is 1.86 bits per heavy atom. The maximum Gasteiger partial charge on any atom is 0.277 e. The first-order chi connectivity index (χ1) is 18.0. The Hall–Kier alpha value is -3.65. The van der Waals surface area contributed by atoms with Gasteiger partial charge in [0.2, 0.25) is 5.43 Å². The standard InChI is InChI=1S/C29H28FN3O4/c30-24-10-5-9-23-21(24)15-19-14-18-6-1-2-8-22(18)29(19,23)33-17-31(16-20-7-3-4-13-37-20)28(36)26-27(35)25(34)11-12-32(26)33/h1-2,5-6,8-12,19-20,35H,3-4,7,13-17H2. The fourth-order valence-electron chi connectivity index (χ4n) is 7.13. The van der Waals surface area contributed by atoms with Crippen LogP contribution in [0.3, 0.4) is 0 Å². The molecule has 37 heavy (non-hydrogen) atoms. The van der Waals surface area contributed by atoms with Crippen LogP contribution in [0.4, 0.5) is 4.39 Å². The van der Waals surface area contributed by atoms with Crippen molar-refractivity contribution in [1.29, 1.82) is 0 Å². The molecule has 3 atom stereocenters. The third-order valence-electron chi connectivity index (χ3n) is 8.68. The van der Waals surface area contributed by atoms with E-state index in [-0.39, 0.29) is 30.2 Å². The molecule has 2 aliphatic heterocycles. The molecular formula is C29H28FN3O4. The number of carbonyl (C=O) groups is 1. The highest BCUT2D eigenvalue weighted by Crippen LogP contribution is 2.57. The van der Waals surface area contributed by atoms with Crippen molar-refractivity contribution in [3.05, 3.63) is 98.7 Å². The number of nitrogens with zero attached hydrogens (tertiary/aromatic N) is 3. The quantitative estimate of drug-likeness (QED) is 0.596. The van der Waals surface area contributed by atoms with Crippen LogP contribution >= 0.6 is 0 Å². The highest BCUT2D eigenvalue weighted by atomic mass is 19.1. The van der Waals surface area contributed by atoms with Crippen molar-refractivity contribution in [2.45, 2.75) is 43.7 Å². The number of ether oxygens (including phenoxy) is 1. The Morgan fingerprint density at radius 1 is 1.03 bits per heavy atom. The van der Waals surface area contributed by atoms with Crippen molar-refractivity contribution >= 4 is 5.91 Å². The number of aromatic nitrogens is 1. The predicted octanol–water partition coefficient (Wildman–Crippen LogP) is 3.29. The molecule has 3 heterocycles. The highest BCUT2D eigenvalue weighted by Gasteiger charge is 2.59. The van der Waals surface area contributed by atoms with Crippen LogP contribution in [-0.4, -0.2) is 46.5 Å². The molecule has 1 N–H and O–H groups in total. The fraction of sp³-hybridized carbons (Fsp3) is 0.379. The Bertz CT molecular complexity index is 1480. The number of hydrogen-bond donors (Lipinski definition) is 1. The zero-order valence-corrected chi connectivity index (χ0v) is 20.4. The minimum absolute atomic E-state index is 0.0206. The minimum atomic E-state index is -0.767. The van der Waals surface area contributed by atoms with E-state index in [1.165, 1.54) is 17.7 Å². The van der Waals surface area contributed by atoms with Gasteiger partial charge in [0, 0.05) is 31.3 Å². The second-order valence-electron chi connectivity index (χ2n) is 10.6. The average Bonchev–Trinajstić information content (AvgIpc) is 3.41. The van der Waals surface area contributed by atoms with Crippen molar-refractivity contribution in [1.82, 2.24) is 9.58 Å². The molecule has 7 rings (SSSR count). The molecule has 0 radical (unpaired) electrons. The lowest BCUT2D eigenvalue weighted by molar-refractivity contribution is -0.00833. The van der Waals surface area contributed by atoms with Gasteiger partial charge in [-0.25, -0.2) is 4.39 Å². The van der Waals surface area contributed by atoms with Crippen LogP contribution in [0.1, 0.15) is 52.0 Å². The van der Waals surface area contributed by atoms with Crippen LogP contribution < -0.4 is 10.4 Å². The van der Waals surface area contributed by atoms with E-state index in [9.17, 15) is 14.7 Å². The molecule has 2 aliphatic carbocycles. The first-order valence-corrected chi connectivity index (χ1v) is 13.0. The van der Waals surface area contributed by atoms with Crippen LogP contribution in [0.15, 0.2) is 59.5 Å². The normalized spacial score (nSPS) is 26.0. The number of pyridine rings is 1. The van der Waals surface area contributed by atoms with Crippen LogP contribution in [-0.2, 0) is 23.1 Å². The molecule has 1 saturated heterocycles. The summed E-state index contributed by atoms with van der Waals surface area (Å²) in [5, 5.41) is 12.9. The van der Waals surface area contributed by atoms with E-state index >= 15 is 4.39 Å². The molecule has 1 aromatic heterocycles. The molecule has 3 aromatic rings. The van der Waals surface area contributed by atoms with Crippen LogP contribution in [0.2, 0.25) is 0 Å². The summed E-state index contributed by atoms with van der Waals surface area (Å²) in [6.45, 7) is 1.23. The summed E-state index contributed by atoms with van der Waals surface area (Å²) in [6, 6.07) is 14.7. The van der Waals surface area contributed by atoms with Gasteiger partial charge in [-0.15, -0.1) is 0 Å². The number of rotatable bonds is 3. The highest BCUT2D eigenvalue weighted by molar-refractivity contribution is 5.96. The van der Waals surface area contributed by atoms with Gasteiger partial charge in [0.25, 0.3) is 5.91 Å². The molecule has 4 aliphatic rings. The van der Waals surface area contributed by atoms with Crippen molar-refractivity contribution in [2.24, 2.45) is 5.92 Å². The second-order valence-corrected chi connectivity index (χ2v) is 10.6. The lowest BCUT2D eigenvalue weighted by Crippen LogP contribution is -2.64. The average molecular weight is 502 g/mol. The molecule has 190 valence electrons. The van der Waals surface area contributed by atoms with Gasteiger partial charge in [-0.2, -0.15) is 0 Å². The monoisotopic (exact) mass is 501 g/mol. The van der Waals surface area contributed by atoms with E-state index in [1.54, 1.807) is 21.8 Å². The number of halogens is 1. The van der Waals surface area contributed by atoms with Gasteiger partial charge in [0.1, 0.15) is 18.0 Å². The van der Waals surface area contributed by atoms with Crippen molar-refractivity contribution in [3.8, 4) is 5.75 Å². The van der Waals surface area contributed by atoms with Crippen LogP contribution in [0.25, 0.3) is 0 Å². The van der Waals surface area contributed by atoms with E-state index in [2.05, 4.69) is 17.1 Å². The minimum Gasteiger partial charge on any atom is -0.502 e. The van der Waals surface area contributed by atoms with Gasteiger partial charge < -0.3 is 14.7 Å². The summed E-state index contributed by atoms with van der Waals surface area (Å²) in [5.41, 5.74) is 2.38. The SMILES string of the molecule is O=C1c2c(O)c(=O)ccn2N(C23c4ccccc4CC2Cc2c(F)cccc23)CN1CC1CCCCO1. The topological polar surface area (TPSA) is 75.0 Å². The second kappa shape index (κ2) is 8.18. The molecule has 0 spiro atoms. The first kappa shape index (κ1) is 22.5. The van der Waals surface area contributed by atoms with Crippen LogP contribution in [0.5, 0.6) is 5.75 Å². The molecule has 3 unspecified atom stereocenters. The lowest BCUT2D eigenvalue weighted by atomic mass is 9.81. The number of amides is 1. The Labute approximate surface area is 213 Å². The van der Waals surface area contributed by atoms with Crippen molar-refractivity contribution in [3.63, 3.8) is 0 Å². The molecular weight excluding hydrogens is 473 g/mol. The van der Waals surface area contributed by atoms with E-state index in [0.29, 0.717) is 25.1 Å². The molecule has 0 saturated carbocycles. The Morgan fingerprint density at radius 3 is 2.70 bits per heavy atom. The summed E-state index contributed by atoms with van der Waals surface area (Å²) in [6.07, 6.45) is 5.66. The maximum atomic E-state index is 15.2. The van der Waals surface area contributed by atoms with Gasteiger partial charge in [-0.1, -0.05) is 36.4 Å². The number of hydrogen-bond acceptors (Lipinski definition) is 5. The maximum absolute atomic E-state index is 15.2. The first-order valence-electron chi connectivity index (χ1n) is 13.0.